The number of anilines is 1. The smallest absolute Gasteiger partial charge is 0.387 e. The van der Waals surface area contributed by atoms with E-state index in [0.29, 0.717) is 33.0 Å². The highest BCUT2D eigenvalue weighted by Gasteiger charge is 2.16. The normalized spacial score (nSPS) is 11.1. The van der Waals surface area contributed by atoms with E-state index in [-0.39, 0.29) is 5.75 Å². The van der Waals surface area contributed by atoms with Crippen molar-refractivity contribution in [2.75, 3.05) is 5.73 Å². The number of thiazole rings is 1. The zero-order valence-corrected chi connectivity index (χ0v) is 12.1. The fraction of sp³-hybridized carbons (Fsp3) is 0.154. The number of hydrogen-bond acceptors (Lipinski definition) is 7. The van der Waals surface area contributed by atoms with Gasteiger partial charge in [-0.25, -0.2) is 4.98 Å². The highest BCUT2D eigenvalue weighted by Crippen LogP contribution is 2.31. The predicted octanol–water partition coefficient (Wildman–Crippen LogP) is 3.35. The summed E-state index contributed by atoms with van der Waals surface area (Å²) in [4.78, 5) is 9.06. The number of aromatic nitrogens is 3. The maximum absolute atomic E-state index is 12.1. The van der Waals surface area contributed by atoms with Crippen molar-refractivity contribution in [1.29, 1.82) is 0 Å². The van der Waals surface area contributed by atoms with Gasteiger partial charge in [0, 0.05) is 5.56 Å². The molecule has 2 heterocycles. The molecule has 9 heteroatoms. The molecule has 0 bridgehead atoms. The monoisotopic (exact) mass is 324 g/mol. The molecule has 0 amide bonds. The van der Waals surface area contributed by atoms with Crippen molar-refractivity contribution in [2.24, 2.45) is 0 Å². The number of nitrogens with two attached hydrogens (primary N) is 1. The predicted molar refractivity (Wildman–Crippen MR) is 76.6 cm³/mol. The number of nitrogen functional groups attached to an aromatic ring is 1. The summed E-state index contributed by atoms with van der Waals surface area (Å²) in [7, 11) is 0. The first kappa shape index (κ1) is 14.4. The maximum atomic E-state index is 12.1. The number of alkyl halides is 2. The summed E-state index contributed by atoms with van der Waals surface area (Å²) < 4.78 is 33.7. The van der Waals surface area contributed by atoms with Crippen LogP contribution in [0.1, 0.15) is 5.69 Å². The third kappa shape index (κ3) is 2.89. The van der Waals surface area contributed by atoms with E-state index in [1.54, 1.807) is 19.1 Å². The largest absolute Gasteiger partial charge is 0.435 e. The number of nitrogens with zero attached hydrogens (tertiary/aromatic N) is 3. The van der Waals surface area contributed by atoms with Crippen molar-refractivity contribution in [1.82, 2.24) is 15.1 Å². The molecule has 0 aliphatic heterocycles. The molecule has 0 radical (unpaired) electrons. The molecule has 6 nitrogen and oxygen atoms in total. The molecule has 0 atom stereocenters. The lowest BCUT2D eigenvalue weighted by molar-refractivity contribution is -0.0498. The Morgan fingerprint density at radius 1 is 1.23 bits per heavy atom. The molecule has 0 spiro atoms. The first-order valence-corrected chi connectivity index (χ1v) is 6.97. The Hall–Kier alpha value is -2.55. The Morgan fingerprint density at radius 3 is 2.55 bits per heavy atom. The average molecular weight is 324 g/mol. The quantitative estimate of drug-likeness (QED) is 0.792. The van der Waals surface area contributed by atoms with Gasteiger partial charge in [-0.2, -0.15) is 13.8 Å². The van der Waals surface area contributed by atoms with E-state index in [9.17, 15) is 8.78 Å². The van der Waals surface area contributed by atoms with E-state index < -0.39 is 6.61 Å². The first-order valence-electron chi connectivity index (χ1n) is 6.15. The van der Waals surface area contributed by atoms with Crippen molar-refractivity contribution >= 4 is 16.5 Å². The van der Waals surface area contributed by atoms with Crippen LogP contribution in [0.3, 0.4) is 0 Å². The number of benzene rings is 1. The van der Waals surface area contributed by atoms with Crippen LogP contribution >= 0.6 is 11.3 Å². The summed E-state index contributed by atoms with van der Waals surface area (Å²) in [6.07, 6.45) is 0. The van der Waals surface area contributed by atoms with Crippen LogP contribution in [0.4, 0.5) is 13.9 Å². The van der Waals surface area contributed by atoms with Crippen LogP contribution in [0.25, 0.3) is 22.2 Å². The topological polar surface area (TPSA) is 87.1 Å². The number of aryl methyl sites for hydroxylation is 1. The molecule has 1 aromatic carbocycles. The molecular weight excluding hydrogens is 314 g/mol. The minimum atomic E-state index is -2.86. The SMILES string of the molecule is Cc1nc(N)sc1-c1nc(-c2ccc(OC(F)F)cc2)no1. The van der Waals surface area contributed by atoms with Gasteiger partial charge in [0.1, 0.15) is 10.6 Å². The van der Waals surface area contributed by atoms with E-state index in [0.717, 1.165) is 0 Å². The molecule has 0 saturated carbocycles. The Morgan fingerprint density at radius 2 is 1.95 bits per heavy atom. The number of ether oxygens (including phenoxy) is 1. The standard InChI is InChI=1S/C13H10F2N4O2S/c1-6-9(22-13(16)17-6)11-18-10(19-21-11)7-2-4-8(5-3-7)20-12(14)15/h2-5,12H,1H3,(H2,16,17). The summed E-state index contributed by atoms with van der Waals surface area (Å²) in [6.45, 7) is -1.06. The summed E-state index contributed by atoms with van der Waals surface area (Å²) in [5, 5.41) is 4.28. The van der Waals surface area contributed by atoms with Gasteiger partial charge >= 0.3 is 6.61 Å². The van der Waals surface area contributed by atoms with Crippen LogP contribution < -0.4 is 10.5 Å². The lowest BCUT2D eigenvalue weighted by atomic mass is 10.2. The zero-order valence-electron chi connectivity index (χ0n) is 11.3. The second-order valence-electron chi connectivity index (χ2n) is 4.29. The van der Waals surface area contributed by atoms with Crippen molar-refractivity contribution in [2.45, 2.75) is 13.5 Å². The van der Waals surface area contributed by atoms with Crippen molar-refractivity contribution in [3.8, 4) is 27.9 Å². The van der Waals surface area contributed by atoms with Crippen LogP contribution in [0.5, 0.6) is 5.75 Å². The van der Waals surface area contributed by atoms with E-state index >= 15 is 0 Å². The Labute approximate surface area is 127 Å². The van der Waals surface area contributed by atoms with E-state index in [4.69, 9.17) is 10.3 Å². The minimum Gasteiger partial charge on any atom is -0.435 e. The molecule has 3 rings (SSSR count). The fourth-order valence-electron chi connectivity index (χ4n) is 1.83. The fourth-order valence-corrected chi connectivity index (χ4v) is 2.59. The van der Waals surface area contributed by atoms with Gasteiger partial charge in [0.25, 0.3) is 5.89 Å². The molecule has 0 unspecified atom stereocenters. The maximum Gasteiger partial charge on any atom is 0.387 e. The molecular formula is C13H10F2N4O2S. The van der Waals surface area contributed by atoms with E-state index in [1.165, 1.54) is 23.5 Å². The third-order valence-electron chi connectivity index (χ3n) is 2.77. The highest BCUT2D eigenvalue weighted by atomic mass is 32.1. The second kappa shape index (κ2) is 5.68. The van der Waals surface area contributed by atoms with Crippen LogP contribution in [0.2, 0.25) is 0 Å². The lowest BCUT2D eigenvalue weighted by Gasteiger charge is -2.03. The zero-order chi connectivity index (χ0) is 15.7. The third-order valence-corrected chi connectivity index (χ3v) is 3.75. The van der Waals surface area contributed by atoms with Gasteiger partial charge in [-0.1, -0.05) is 16.5 Å². The molecule has 0 aliphatic carbocycles. The number of hydrogen-bond donors (Lipinski definition) is 1. The van der Waals surface area contributed by atoms with Crippen LogP contribution in [-0.4, -0.2) is 21.7 Å². The van der Waals surface area contributed by atoms with Crippen LogP contribution in [-0.2, 0) is 0 Å². The van der Waals surface area contributed by atoms with Gasteiger partial charge in [0.2, 0.25) is 5.82 Å². The first-order chi connectivity index (χ1) is 10.5. The molecule has 3 aromatic rings. The summed E-state index contributed by atoms with van der Waals surface area (Å²) in [5.74, 6) is 0.716. The average Bonchev–Trinajstić information content (AvgIpc) is 3.05. The van der Waals surface area contributed by atoms with Gasteiger partial charge in [-0.15, -0.1) is 0 Å². The summed E-state index contributed by atoms with van der Waals surface area (Å²) in [5.41, 5.74) is 6.96. The summed E-state index contributed by atoms with van der Waals surface area (Å²) in [6, 6.07) is 5.96. The highest BCUT2D eigenvalue weighted by molar-refractivity contribution is 7.18. The minimum absolute atomic E-state index is 0.0635. The van der Waals surface area contributed by atoms with Crippen molar-refractivity contribution in [3.05, 3.63) is 30.0 Å². The van der Waals surface area contributed by atoms with Gasteiger partial charge < -0.3 is 15.0 Å². The van der Waals surface area contributed by atoms with Gasteiger partial charge in [-0.05, 0) is 31.2 Å². The molecule has 2 N–H and O–H groups in total. The van der Waals surface area contributed by atoms with Gasteiger partial charge in [-0.3, -0.25) is 0 Å². The van der Waals surface area contributed by atoms with Gasteiger partial charge in [0.05, 0.1) is 5.69 Å². The van der Waals surface area contributed by atoms with Crippen molar-refractivity contribution < 1.29 is 18.0 Å². The lowest BCUT2D eigenvalue weighted by Crippen LogP contribution is -2.01. The molecule has 0 aliphatic rings. The van der Waals surface area contributed by atoms with Crippen LogP contribution in [0.15, 0.2) is 28.8 Å². The Bertz CT molecular complexity index is 786. The summed E-state index contributed by atoms with van der Waals surface area (Å²) >= 11 is 1.25. The van der Waals surface area contributed by atoms with Gasteiger partial charge in [0.15, 0.2) is 5.13 Å². The molecule has 2 aromatic heterocycles. The molecule has 0 saturated heterocycles. The number of halogens is 2. The molecule has 22 heavy (non-hydrogen) atoms. The molecule has 114 valence electrons. The van der Waals surface area contributed by atoms with E-state index in [1.807, 2.05) is 0 Å². The molecule has 0 fully saturated rings. The Kier molecular flexibility index (Phi) is 3.72. The van der Waals surface area contributed by atoms with Crippen LogP contribution in [0, 0.1) is 6.92 Å². The number of rotatable bonds is 4. The second-order valence-corrected chi connectivity index (χ2v) is 5.32. The Balaban J connectivity index is 1.86. The van der Waals surface area contributed by atoms with Crippen molar-refractivity contribution in [3.63, 3.8) is 0 Å². The van der Waals surface area contributed by atoms with E-state index in [2.05, 4.69) is 19.9 Å².